The van der Waals surface area contributed by atoms with Crippen LogP contribution in [-0.2, 0) is 22.6 Å². The first-order valence-corrected chi connectivity index (χ1v) is 12.6. The summed E-state index contributed by atoms with van der Waals surface area (Å²) in [6, 6.07) is 11.6. The van der Waals surface area contributed by atoms with Gasteiger partial charge in [-0.25, -0.2) is 0 Å². The molecule has 0 amide bonds. The van der Waals surface area contributed by atoms with Crippen molar-refractivity contribution in [3.05, 3.63) is 64.8 Å². The van der Waals surface area contributed by atoms with Crippen molar-refractivity contribution in [1.82, 2.24) is 9.80 Å². The van der Waals surface area contributed by atoms with Gasteiger partial charge in [-0.15, -0.1) is 0 Å². The highest BCUT2D eigenvalue weighted by atomic mass is 127. The molecule has 0 aromatic heterocycles. The molecule has 2 aliphatic rings. The zero-order valence-corrected chi connectivity index (χ0v) is 22.2. The number of morpholine rings is 2. The number of benzene rings is 2. The highest BCUT2D eigenvalue weighted by molar-refractivity contribution is 14.1. The van der Waals surface area contributed by atoms with E-state index in [0.717, 1.165) is 60.8 Å². The summed E-state index contributed by atoms with van der Waals surface area (Å²) in [4.78, 5) is 15.2. The van der Waals surface area contributed by atoms with Crippen molar-refractivity contribution in [2.45, 2.75) is 13.1 Å². The van der Waals surface area contributed by atoms with E-state index in [1.807, 2.05) is 18.2 Å². The van der Waals surface area contributed by atoms with Gasteiger partial charge >= 0.3 is 0 Å². The Morgan fingerprint density at radius 3 is 1.81 bits per heavy atom. The Labute approximate surface area is 215 Å². The van der Waals surface area contributed by atoms with Crippen LogP contribution in [-0.4, -0.2) is 67.3 Å². The summed E-state index contributed by atoms with van der Waals surface area (Å²) >= 11 is 4.37. The molecular formula is C22H28I2N4O4. The molecule has 0 spiro atoms. The van der Waals surface area contributed by atoms with Crippen molar-refractivity contribution >= 4 is 56.6 Å². The fourth-order valence-corrected chi connectivity index (χ4v) is 4.54. The zero-order chi connectivity index (χ0) is 22.9. The molecule has 2 aromatic carbocycles. The molecule has 8 nitrogen and oxygen atoms in total. The van der Waals surface area contributed by atoms with Gasteiger partial charge in [0.1, 0.15) is 0 Å². The van der Waals surface area contributed by atoms with Crippen LogP contribution in [0.25, 0.3) is 0 Å². The van der Waals surface area contributed by atoms with Gasteiger partial charge in [-0.2, -0.15) is 0 Å². The van der Waals surface area contributed by atoms with E-state index in [0.29, 0.717) is 19.8 Å². The Morgan fingerprint density at radius 1 is 0.844 bits per heavy atom. The molecule has 10 heteroatoms. The summed E-state index contributed by atoms with van der Waals surface area (Å²) in [7, 11) is 0. The minimum absolute atomic E-state index is 0.211. The van der Waals surface area contributed by atoms with Gasteiger partial charge in [-0.1, -0.05) is 6.07 Å². The second kappa shape index (κ2) is 13.0. The number of nitro groups is 1. The van der Waals surface area contributed by atoms with Gasteiger partial charge in [0.2, 0.25) is 0 Å². The van der Waals surface area contributed by atoms with Crippen molar-refractivity contribution in [3.8, 4) is 0 Å². The minimum Gasteiger partial charge on any atom is -0.398 e. The van der Waals surface area contributed by atoms with Gasteiger partial charge < -0.3 is 15.2 Å². The van der Waals surface area contributed by atoms with E-state index in [9.17, 15) is 10.1 Å². The van der Waals surface area contributed by atoms with Gasteiger partial charge in [0.25, 0.3) is 5.69 Å². The normalized spacial score (nSPS) is 17.4. The van der Waals surface area contributed by atoms with Crippen molar-refractivity contribution in [3.63, 3.8) is 0 Å². The molecule has 2 aromatic rings. The highest BCUT2D eigenvalue weighted by Gasteiger charge is 2.18. The second-order valence-electron chi connectivity index (χ2n) is 7.65. The van der Waals surface area contributed by atoms with Gasteiger partial charge in [-0.05, 0) is 75.0 Å². The molecular weight excluding hydrogens is 638 g/mol. The van der Waals surface area contributed by atoms with Crippen LogP contribution in [0.15, 0.2) is 36.4 Å². The molecule has 4 rings (SSSR count). The van der Waals surface area contributed by atoms with Crippen molar-refractivity contribution in [1.29, 1.82) is 0 Å². The molecule has 174 valence electrons. The maximum absolute atomic E-state index is 11.0. The number of nitro benzene ring substituents is 1. The summed E-state index contributed by atoms with van der Waals surface area (Å²) in [6.45, 7) is 8.33. The molecule has 0 bridgehead atoms. The molecule has 0 saturated carbocycles. The number of anilines is 1. The van der Waals surface area contributed by atoms with E-state index in [1.54, 1.807) is 6.07 Å². The Kier molecular flexibility index (Phi) is 10.4. The van der Waals surface area contributed by atoms with Crippen LogP contribution in [0.2, 0.25) is 0 Å². The van der Waals surface area contributed by atoms with Gasteiger partial charge in [0.05, 0.1) is 31.4 Å². The zero-order valence-electron chi connectivity index (χ0n) is 17.8. The number of ether oxygens (including phenoxy) is 2. The fraction of sp³-hybridized carbons (Fsp3) is 0.455. The molecule has 0 radical (unpaired) electrons. The van der Waals surface area contributed by atoms with Crippen LogP contribution in [0.1, 0.15) is 11.1 Å². The summed E-state index contributed by atoms with van der Waals surface area (Å²) < 4.78 is 12.6. The van der Waals surface area contributed by atoms with Crippen LogP contribution in [0.5, 0.6) is 0 Å². The molecule has 2 N–H and O–H groups in total. The summed E-state index contributed by atoms with van der Waals surface area (Å²) in [5.41, 5.74) is 9.08. The summed E-state index contributed by atoms with van der Waals surface area (Å²) in [5, 5.41) is 11.0. The Bertz CT molecular complexity index is 903. The van der Waals surface area contributed by atoms with Crippen molar-refractivity contribution in [2.75, 3.05) is 58.3 Å². The maximum Gasteiger partial charge on any atom is 0.274 e. The van der Waals surface area contributed by atoms with Crippen LogP contribution in [0.3, 0.4) is 0 Å². The largest absolute Gasteiger partial charge is 0.398 e. The van der Waals surface area contributed by atoms with Crippen LogP contribution in [0, 0.1) is 17.3 Å². The fourth-order valence-electron chi connectivity index (χ4n) is 3.55. The molecule has 2 heterocycles. The van der Waals surface area contributed by atoms with Crippen molar-refractivity contribution < 1.29 is 14.4 Å². The standard InChI is InChI=1S/C11H13IN2O3.C11H15IN2O/c12-10-2-1-9(11(7-10)14(15)16)8-13-3-5-17-6-4-13;12-10-2-1-9(11(13)7-10)8-14-3-5-15-6-4-14/h1-2,7H,3-6,8H2;1-2,7H,3-6,8,13H2. The predicted molar refractivity (Wildman–Crippen MR) is 142 cm³/mol. The lowest BCUT2D eigenvalue weighted by atomic mass is 10.1. The minimum atomic E-state index is -0.308. The Morgan fingerprint density at radius 2 is 1.31 bits per heavy atom. The first kappa shape index (κ1) is 25.6. The third-order valence-electron chi connectivity index (χ3n) is 5.35. The molecule has 2 saturated heterocycles. The number of hydrogen-bond acceptors (Lipinski definition) is 7. The van der Waals surface area contributed by atoms with E-state index in [-0.39, 0.29) is 10.6 Å². The average Bonchev–Trinajstić information content (AvgIpc) is 2.79. The molecule has 0 unspecified atom stereocenters. The third-order valence-corrected chi connectivity index (χ3v) is 6.69. The average molecular weight is 666 g/mol. The van der Waals surface area contributed by atoms with E-state index in [4.69, 9.17) is 15.2 Å². The number of hydrogen-bond donors (Lipinski definition) is 1. The third kappa shape index (κ3) is 8.06. The van der Waals surface area contributed by atoms with Gasteiger partial charge in [-0.3, -0.25) is 19.9 Å². The summed E-state index contributed by atoms with van der Waals surface area (Å²) in [5.74, 6) is 0. The Balaban J connectivity index is 0.000000182. The smallest absolute Gasteiger partial charge is 0.274 e. The number of rotatable bonds is 5. The first-order chi connectivity index (χ1) is 15.4. The lowest BCUT2D eigenvalue weighted by Gasteiger charge is -2.27. The summed E-state index contributed by atoms with van der Waals surface area (Å²) in [6.07, 6.45) is 0. The van der Waals surface area contributed by atoms with E-state index in [1.165, 1.54) is 9.13 Å². The van der Waals surface area contributed by atoms with Crippen molar-refractivity contribution in [2.24, 2.45) is 0 Å². The van der Waals surface area contributed by atoms with Crippen LogP contribution in [0.4, 0.5) is 11.4 Å². The molecule has 2 aliphatic heterocycles. The highest BCUT2D eigenvalue weighted by Crippen LogP contribution is 2.23. The molecule has 2 fully saturated rings. The topological polar surface area (TPSA) is 94.1 Å². The lowest BCUT2D eigenvalue weighted by Crippen LogP contribution is -2.35. The van der Waals surface area contributed by atoms with Crippen LogP contribution < -0.4 is 5.73 Å². The van der Waals surface area contributed by atoms with Crippen LogP contribution >= 0.6 is 45.2 Å². The molecule has 32 heavy (non-hydrogen) atoms. The monoisotopic (exact) mass is 666 g/mol. The first-order valence-electron chi connectivity index (χ1n) is 10.5. The van der Waals surface area contributed by atoms with E-state index >= 15 is 0 Å². The number of nitrogens with two attached hydrogens (primary N) is 1. The predicted octanol–water partition coefficient (Wildman–Crippen LogP) is 3.74. The second-order valence-corrected chi connectivity index (χ2v) is 10.1. The SMILES string of the molecule is Nc1cc(I)ccc1CN1CCOCC1.O=[N+]([O-])c1cc(I)ccc1CN1CCOCC1. The molecule has 0 atom stereocenters. The number of nitrogens with zero attached hydrogens (tertiary/aromatic N) is 3. The maximum atomic E-state index is 11.0. The lowest BCUT2D eigenvalue weighted by molar-refractivity contribution is -0.385. The number of halogens is 2. The quantitative estimate of drug-likeness (QED) is 0.225. The van der Waals surface area contributed by atoms with Gasteiger partial charge in [0.15, 0.2) is 0 Å². The van der Waals surface area contributed by atoms with Gasteiger partial charge in [0, 0.05) is 63.7 Å². The Hall–Kier alpha value is -1.06. The molecule has 0 aliphatic carbocycles. The number of nitrogen functional groups attached to an aromatic ring is 1. The van der Waals surface area contributed by atoms with E-state index < -0.39 is 0 Å². The van der Waals surface area contributed by atoms with E-state index in [2.05, 4.69) is 67.1 Å².